The van der Waals surface area contributed by atoms with E-state index in [9.17, 15) is 9.18 Å². The second-order valence-corrected chi connectivity index (χ2v) is 6.83. The highest BCUT2D eigenvalue weighted by molar-refractivity contribution is 9.10. The third kappa shape index (κ3) is 2.76. The lowest BCUT2D eigenvalue weighted by molar-refractivity contribution is 0.102. The Morgan fingerprint density at radius 2 is 1.95 bits per heavy atom. The minimum Gasteiger partial charge on any atom is -0.298 e. The third-order valence-electron chi connectivity index (χ3n) is 3.34. The van der Waals surface area contributed by atoms with Gasteiger partial charge in [-0.1, -0.05) is 23.5 Å². The number of hydrogen-bond donors (Lipinski definition) is 1. The minimum atomic E-state index is -0.454. The second-order valence-electron chi connectivity index (χ2n) is 4.97. The number of amides is 1. The zero-order valence-electron chi connectivity index (χ0n) is 11.9. The van der Waals surface area contributed by atoms with Gasteiger partial charge in [0.2, 0.25) is 0 Å². The Hall–Kier alpha value is -1.79. The van der Waals surface area contributed by atoms with Crippen molar-refractivity contribution in [1.29, 1.82) is 0 Å². The van der Waals surface area contributed by atoms with Crippen LogP contribution in [0.15, 0.2) is 34.8 Å². The highest BCUT2D eigenvalue weighted by Gasteiger charge is 2.15. The van der Waals surface area contributed by atoms with Gasteiger partial charge in [0, 0.05) is 4.47 Å². The summed E-state index contributed by atoms with van der Waals surface area (Å²) >= 11 is 4.68. The fourth-order valence-electron chi connectivity index (χ4n) is 2.15. The van der Waals surface area contributed by atoms with E-state index >= 15 is 0 Å². The van der Waals surface area contributed by atoms with Gasteiger partial charge in [-0.25, -0.2) is 9.37 Å². The number of anilines is 1. The Bertz CT molecular complexity index is 852. The van der Waals surface area contributed by atoms with Crippen LogP contribution < -0.4 is 5.32 Å². The van der Waals surface area contributed by atoms with E-state index in [1.807, 2.05) is 26.0 Å². The number of rotatable bonds is 2. The standard InChI is InChI=1S/C16H12BrFN2OS/c1-8-3-4-9(2)14-13(8)19-16(22-14)20-15(21)11-7-10(18)5-6-12(11)17/h3-7H,1-2H3,(H,19,20,21). The van der Waals surface area contributed by atoms with Gasteiger partial charge >= 0.3 is 0 Å². The zero-order valence-corrected chi connectivity index (χ0v) is 14.3. The quantitative estimate of drug-likeness (QED) is 0.676. The van der Waals surface area contributed by atoms with Crippen molar-refractivity contribution in [2.45, 2.75) is 13.8 Å². The molecule has 1 heterocycles. The van der Waals surface area contributed by atoms with Crippen molar-refractivity contribution in [3.8, 4) is 0 Å². The topological polar surface area (TPSA) is 42.0 Å². The van der Waals surface area contributed by atoms with Crippen molar-refractivity contribution in [3.63, 3.8) is 0 Å². The molecular weight excluding hydrogens is 367 g/mol. The molecule has 0 bridgehead atoms. The highest BCUT2D eigenvalue weighted by Crippen LogP contribution is 2.31. The summed E-state index contributed by atoms with van der Waals surface area (Å²) < 4.78 is 14.9. The molecule has 0 spiro atoms. The number of nitrogens with one attached hydrogen (secondary N) is 1. The molecular formula is C16H12BrFN2OS. The first-order chi connectivity index (χ1) is 10.5. The first-order valence-electron chi connectivity index (χ1n) is 6.59. The van der Waals surface area contributed by atoms with Crippen molar-refractivity contribution >= 4 is 48.5 Å². The Kier molecular flexibility index (Phi) is 3.97. The molecule has 3 rings (SSSR count). The molecule has 1 aromatic heterocycles. The number of fused-ring (bicyclic) bond motifs is 1. The van der Waals surface area contributed by atoms with E-state index in [0.29, 0.717) is 9.60 Å². The molecule has 0 saturated carbocycles. The smallest absolute Gasteiger partial charge is 0.258 e. The summed E-state index contributed by atoms with van der Waals surface area (Å²) in [6.07, 6.45) is 0. The molecule has 3 nitrogen and oxygen atoms in total. The number of nitrogens with zero attached hydrogens (tertiary/aromatic N) is 1. The summed E-state index contributed by atoms with van der Waals surface area (Å²) in [5.41, 5.74) is 3.31. The summed E-state index contributed by atoms with van der Waals surface area (Å²) in [7, 11) is 0. The van der Waals surface area contributed by atoms with Crippen LogP contribution in [0, 0.1) is 19.7 Å². The maximum Gasteiger partial charge on any atom is 0.258 e. The molecule has 2 aromatic carbocycles. The molecule has 0 aliphatic carbocycles. The predicted octanol–water partition coefficient (Wildman–Crippen LogP) is 5.07. The molecule has 0 fully saturated rings. The van der Waals surface area contributed by atoms with E-state index < -0.39 is 5.82 Å². The van der Waals surface area contributed by atoms with E-state index in [1.165, 1.54) is 29.5 Å². The molecule has 112 valence electrons. The SMILES string of the molecule is Cc1ccc(C)c2sc(NC(=O)c3cc(F)ccc3Br)nc12. The summed E-state index contributed by atoms with van der Waals surface area (Å²) in [4.78, 5) is 16.8. The van der Waals surface area contributed by atoms with Crippen LogP contribution in [0.2, 0.25) is 0 Å². The van der Waals surface area contributed by atoms with Crippen LogP contribution >= 0.6 is 27.3 Å². The number of aromatic nitrogens is 1. The first kappa shape index (κ1) is 15.1. The van der Waals surface area contributed by atoms with Crippen LogP contribution in [0.1, 0.15) is 21.5 Å². The predicted molar refractivity (Wildman–Crippen MR) is 91.1 cm³/mol. The molecule has 0 aliphatic rings. The maximum atomic E-state index is 13.3. The molecule has 0 atom stereocenters. The van der Waals surface area contributed by atoms with Gasteiger partial charge in [0.05, 0.1) is 15.8 Å². The minimum absolute atomic E-state index is 0.243. The number of halogens is 2. The fraction of sp³-hybridized carbons (Fsp3) is 0.125. The third-order valence-corrected chi connectivity index (χ3v) is 5.13. The van der Waals surface area contributed by atoms with E-state index in [0.717, 1.165) is 21.3 Å². The number of aryl methyl sites for hydroxylation is 2. The average molecular weight is 379 g/mol. The molecule has 0 aliphatic heterocycles. The Morgan fingerprint density at radius 3 is 2.68 bits per heavy atom. The Balaban J connectivity index is 1.96. The summed E-state index contributed by atoms with van der Waals surface area (Å²) in [6.45, 7) is 3.99. The summed E-state index contributed by atoms with van der Waals surface area (Å²) in [5.74, 6) is -0.843. The van der Waals surface area contributed by atoms with Crippen LogP contribution in [0.4, 0.5) is 9.52 Å². The summed E-state index contributed by atoms with van der Waals surface area (Å²) in [6, 6.07) is 8.04. The number of carbonyl (C=O) groups is 1. The maximum absolute atomic E-state index is 13.3. The Morgan fingerprint density at radius 1 is 1.23 bits per heavy atom. The van der Waals surface area contributed by atoms with Gasteiger partial charge < -0.3 is 0 Å². The van der Waals surface area contributed by atoms with Gasteiger partial charge in [0.15, 0.2) is 5.13 Å². The van der Waals surface area contributed by atoms with Crippen molar-refractivity contribution in [1.82, 2.24) is 4.98 Å². The zero-order chi connectivity index (χ0) is 15.9. The molecule has 1 N–H and O–H groups in total. The molecule has 6 heteroatoms. The van der Waals surface area contributed by atoms with Crippen molar-refractivity contribution in [2.24, 2.45) is 0 Å². The highest BCUT2D eigenvalue weighted by atomic mass is 79.9. The Labute approximate surface area is 139 Å². The molecule has 0 radical (unpaired) electrons. The number of thiazole rings is 1. The molecule has 3 aromatic rings. The number of benzene rings is 2. The molecule has 1 amide bonds. The number of hydrogen-bond acceptors (Lipinski definition) is 3. The normalized spacial score (nSPS) is 10.9. The summed E-state index contributed by atoms with van der Waals surface area (Å²) in [5, 5.41) is 3.25. The largest absolute Gasteiger partial charge is 0.298 e. The second kappa shape index (κ2) is 5.78. The molecule has 0 saturated heterocycles. The van der Waals surface area contributed by atoms with Crippen molar-refractivity contribution in [2.75, 3.05) is 5.32 Å². The molecule has 0 unspecified atom stereocenters. The van der Waals surface area contributed by atoms with Gasteiger partial charge in [-0.15, -0.1) is 0 Å². The van der Waals surface area contributed by atoms with E-state index in [4.69, 9.17) is 0 Å². The van der Waals surface area contributed by atoms with E-state index in [1.54, 1.807) is 0 Å². The van der Waals surface area contributed by atoms with E-state index in [2.05, 4.69) is 26.2 Å². The van der Waals surface area contributed by atoms with Crippen LogP contribution in [-0.2, 0) is 0 Å². The number of carbonyl (C=O) groups excluding carboxylic acids is 1. The van der Waals surface area contributed by atoms with Gasteiger partial charge in [-0.2, -0.15) is 0 Å². The lowest BCUT2D eigenvalue weighted by Gasteiger charge is -2.04. The fourth-order valence-corrected chi connectivity index (χ4v) is 3.58. The average Bonchev–Trinajstić information content (AvgIpc) is 2.90. The van der Waals surface area contributed by atoms with E-state index in [-0.39, 0.29) is 11.5 Å². The van der Waals surface area contributed by atoms with Crippen molar-refractivity contribution in [3.05, 3.63) is 57.3 Å². The van der Waals surface area contributed by atoms with Gasteiger partial charge in [-0.05, 0) is 59.1 Å². The van der Waals surface area contributed by atoms with Crippen LogP contribution in [0.25, 0.3) is 10.2 Å². The van der Waals surface area contributed by atoms with Crippen molar-refractivity contribution < 1.29 is 9.18 Å². The molecule has 22 heavy (non-hydrogen) atoms. The monoisotopic (exact) mass is 378 g/mol. The van der Waals surface area contributed by atoms with Crippen LogP contribution in [-0.4, -0.2) is 10.9 Å². The van der Waals surface area contributed by atoms with Gasteiger partial charge in [0.25, 0.3) is 5.91 Å². The lowest BCUT2D eigenvalue weighted by Crippen LogP contribution is -2.12. The lowest BCUT2D eigenvalue weighted by atomic mass is 10.1. The van der Waals surface area contributed by atoms with Crippen LogP contribution in [0.5, 0.6) is 0 Å². The van der Waals surface area contributed by atoms with Gasteiger partial charge in [0.1, 0.15) is 5.82 Å². The van der Waals surface area contributed by atoms with Gasteiger partial charge in [-0.3, -0.25) is 10.1 Å². The first-order valence-corrected chi connectivity index (χ1v) is 8.20. The van der Waals surface area contributed by atoms with Crippen LogP contribution in [0.3, 0.4) is 0 Å².